The number of piperidine rings is 1. The highest BCUT2D eigenvalue weighted by Gasteiger charge is 2.29. The number of amides is 2. The van der Waals surface area contributed by atoms with Crippen molar-refractivity contribution in [1.82, 2.24) is 24.3 Å². The van der Waals surface area contributed by atoms with Crippen molar-refractivity contribution in [2.24, 2.45) is 0 Å². The molecule has 2 aliphatic rings. The van der Waals surface area contributed by atoms with Gasteiger partial charge in [-0.1, -0.05) is 0 Å². The second-order valence-electron chi connectivity index (χ2n) is 7.01. The van der Waals surface area contributed by atoms with Gasteiger partial charge in [-0.05, 0) is 43.4 Å². The molecule has 4 rings (SSSR count). The van der Waals surface area contributed by atoms with Crippen molar-refractivity contribution in [3.8, 4) is 0 Å². The fourth-order valence-electron chi connectivity index (χ4n) is 3.94. The second-order valence-corrected chi connectivity index (χ2v) is 7.01. The van der Waals surface area contributed by atoms with E-state index < -0.39 is 0 Å². The molecule has 0 atom stereocenters. The molecule has 6 nitrogen and oxygen atoms in total. The molecular weight excluding hydrogens is 314 g/mol. The minimum absolute atomic E-state index is 0.232. The number of carbonyl (C=O) groups excluding carboxylic acids is 1. The van der Waals surface area contributed by atoms with Crippen LogP contribution in [0.5, 0.6) is 0 Å². The minimum atomic E-state index is 0.232. The van der Waals surface area contributed by atoms with E-state index in [-0.39, 0.29) is 6.03 Å². The number of likely N-dealkylation sites (tertiary alicyclic amines) is 2. The molecular formula is C19H25N5O. The Kier molecular flexibility index (Phi) is 4.68. The monoisotopic (exact) mass is 339 g/mol. The van der Waals surface area contributed by atoms with Gasteiger partial charge in [0, 0.05) is 63.4 Å². The molecule has 0 N–H and O–H groups in total. The van der Waals surface area contributed by atoms with Gasteiger partial charge < -0.3 is 14.4 Å². The van der Waals surface area contributed by atoms with Crippen LogP contribution >= 0.6 is 0 Å². The largest absolute Gasteiger partial charge is 0.330 e. The van der Waals surface area contributed by atoms with Gasteiger partial charge in [0.25, 0.3) is 0 Å². The Morgan fingerprint density at radius 1 is 1.00 bits per heavy atom. The zero-order valence-electron chi connectivity index (χ0n) is 14.5. The Morgan fingerprint density at radius 3 is 2.40 bits per heavy atom. The van der Waals surface area contributed by atoms with E-state index in [9.17, 15) is 4.79 Å². The molecule has 0 unspecified atom stereocenters. The number of carbonyl (C=O) groups is 1. The predicted octanol–water partition coefficient (Wildman–Crippen LogP) is 2.72. The van der Waals surface area contributed by atoms with Gasteiger partial charge in [0.15, 0.2) is 0 Å². The summed E-state index contributed by atoms with van der Waals surface area (Å²) in [5.74, 6) is 1.57. The molecule has 0 aliphatic carbocycles. The molecule has 4 heterocycles. The van der Waals surface area contributed by atoms with Gasteiger partial charge in [0.2, 0.25) is 0 Å². The maximum atomic E-state index is 12.5. The summed E-state index contributed by atoms with van der Waals surface area (Å²) in [7, 11) is 0. The number of imidazole rings is 1. The number of rotatable bonds is 3. The lowest BCUT2D eigenvalue weighted by molar-refractivity contribution is 0.147. The van der Waals surface area contributed by atoms with E-state index >= 15 is 0 Å². The SMILES string of the molecule is O=C(N1CCCC1)N1CCC(c2nccn2Cc2ccncc2)CC1. The average molecular weight is 339 g/mol. The number of hydrogen-bond donors (Lipinski definition) is 0. The highest BCUT2D eigenvalue weighted by molar-refractivity contribution is 5.74. The average Bonchev–Trinajstić information content (AvgIpc) is 3.34. The van der Waals surface area contributed by atoms with Crippen molar-refractivity contribution in [2.45, 2.75) is 38.1 Å². The van der Waals surface area contributed by atoms with Crippen LogP contribution in [0, 0.1) is 0 Å². The summed E-state index contributed by atoms with van der Waals surface area (Å²) in [6.07, 6.45) is 11.9. The van der Waals surface area contributed by atoms with Crippen LogP contribution in [0.25, 0.3) is 0 Å². The van der Waals surface area contributed by atoms with Gasteiger partial charge in [0.1, 0.15) is 5.82 Å². The molecule has 2 aromatic heterocycles. The predicted molar refractivity (Wildman–Crippen MR) is 95.3 cm³/mol. The van der Waals surface area contributed by atoms with Gasteiger partial charge in [-0.15, -0.1) is 0 Å². The molecule has 0 spiro atoms. The van der Waals surface area contributed by atoms with Crippen LogP contribution < -0.4 is 0 Å². The molecule has 6 heteroatoms. The zero-order valence-corrected chi connectivity index (χ0v) is 14.5. The molecule has 0 aromatic carbocycles. The molecule has 2 amide bonds. The third-order valence-electron chi connectivity index (χ3n) is 5.36. The van der Waals surface area contributed by atoms with E-state index in [0.717, 1.165) is 64.2 Å². The fourth-order valence-corrected chi connectivity index (χ4v) is 3.94. The van der Waals surface area contributed by atoms with E-state index in [2.05, 4.69) is 20.7 Å². The smallest absolute Gasteiger partial charge is 0.319 e. The number of pyridine rings is 1. The Balaban J connectivity index is 1.38. The summed E-state index contributed by atoms with van der Waals surface area (Å²) < 4.78 is 2.23. The van der Waals surface area contributed by atoms with E-state index in [0.29, 0.717) is 5.92 Å². The van der Waals surface area contributed by atoms with Crippen molar-refractivity contribution in [2.75, 3.05) is 26.2 Å². The summed E-state index contributed by atoms with van der Waals surface area (Å²) in [5, 5.41) is 0. The van der Waals surface area contributed by atoms with Crippen LogP contribution in [-0.2, 0) is 6.54 Å². The summed E-state index contributed by atoms with van der Waals surface area (Å²) in [6, 6.07) is 4.32. The van der Waals surface area contributed by atoms with Gasteiger partial charge in [-0.25, -0.2) is 9.78 Å². The van der Waals surface area contributed by atoms with Crippen LogP contribution in [0.4, 0.5) is 4.79 Å². The zero-order chi connectivity index (χ0) is 17.1. The number of urea groups is 1. The van der Waals surface area contributed by atoms with Crippen LogP contribution in [0.2, 0.25) is 0 Å². The normalized spacial score (nSPS) is 18.7. The molecule has 2 fully saturated rings. The number of aromatic nitrogens is 3. The topological polar surface area (TPSA) is 54.3 Å². The van der Waals surface area contributed by atoms with Crippen molar-refractivity contribution in [1.29, 1.82) is 0 Å². The first-order valence-electron chi connectivity index (χ1n) is 9.25. The molecule has 0 saturated carbocycles. The third kappa shape index (κ3) is 3.52. The molecule has 2 aliphatic heterocycles. The van der Waals surface area contributed by atoms with Crippen molar-refractivity contribution in [3.63, 3.8) is 0 Å². The van der Waals surface area contributed by atoms with Crippen molar-refractivity contribution >= 4 is 6.03 Å². The third-order valence-corrected chi connectivity index (χ3v) is 5.36. The standard InChI is InChI=1S/C19H25N5O/c25-19(22-10-1-2-11-22)23-12-5-17(6-13-23)18-21-9-14-24(18)15-16-3-7-20-8-4-16/h3-4,7-9,14,17H,1-2,5-6,10-13,15H2. The van der Waals surface area contributed by atoms with Crippen molar-refractivity contribution < 1.29 is 4.79 Å². The molecule has 2 saturated heterocycles. The Morgan fingerprint density at radius 2 is 1.68 bits per heavy atom. The Bertz CT molecular complexity index is 700. The molecule has 2 aromatic rings. The summed E-state index contributed by atoms with van der Waals surface area (Å²) in [4.78, 5) is 25.3. The van der Waals surface area contributed by atoms with Crippen LogP contribution in [0.3, 0.4) is 0 Å². The van der Waals surface area contributed by atoms with E-state index in [1.165, 1.54) is 5.56 Å². The first-order chi connectivity index (χ1) is 12.3. The highest BCUT2D eigenvalue weighted by atomic mass is 16.2. The lowest BCUT2D eigenvalue weighted by Crippen LogP contribution is -2.45. The van der Waals surface area contributed by atoms with Gasteiger partial charge in [0.05, 0.1) is 0 Å². The van der Waals surface area contributed by atoms with E-state index in [4.69, 9.17) is 0 Å². The summed E-state index contributed by atoms with van der Waals surface area (Å²) in [6.45, 7) is 4.35. The molecule has 0 radical (unpaired) electrons. The molecule has 25 heavy (non-hydrogen) atoms. The van der Waals surface area contributed by atoms with Gasteiger partial charge in [-0.3, -0.25) is 4.98 Å². The summed E-state index contributed by atoms with van der Waals surface area (Å²) in [5.41, 5.74) is 1.23. The maximum Gasteiger partial charge on any atom is 0.319 e. The first-order valence-corrected chi connectivity index (χ1v) is 9.25. The first kappa shape index (κ1) is 16.1. The van der Waals surface area contributed by atoms with Gasteiger partial charge in [-0.2, -0.15) is 0 Å². The minimum Gasteiger partial charge on any atom is -0.330 e. The van der Waals surface area contributed by atoms with Crippen LogP contribution in [0.1, 0.15) is 43.0 Å². The quantitative estimate of drug-likeness (QED) is 0.864. The fraction of sp³-hybridized carbons (Fsp3) is 0.526. The molecule has 0 bridgehead atoms. The second kappa shape index (κ2) is 7.25. The van der Waals surface area contributed by atoms with Crippen LogP contribution in [0.15, 0.2) is 36.9 Å². The number of hydrogen-bond acceptors (Lipinski definition) is 3. The van der Waals surface area contributed by atoms with E-state index in [1.54, 1.807) is 0 Å². The highest BCUT2D eigenvalue weighted by Crippen LogP contribution is 2.28. The lowest BCUT2D eigenvalue weighted by atomic mass is 9.96. The molecule has 132 valence electrons. The lowest BCUT2D eigenvalue weighted by Gasteiger charge is -2.34. The van der Waals surface area contributed by atoms with Crippen molar-refractivity contribution in [3.05, 3.63) is 48.3 Å². The number of nitrogens with zero attached hydrogens (tertiary/aromatic N) is 5. The Labute approximate surface area is 148 Å². The van der Waals surface area contributed by atoms with E-state index in [1.807, 2.05) is 40.5 Å². The van der Waals surface area contributed by atoms with Crippen LogP contribution in [-0.4, -0.2) is 56.5 Å². The van der Waals surface area contributed by atoms with Gasteiger partial charge >= 0.3 is 6.03 Å². The summed E-state index contributed by atoms with van der Waals surface area (Å²) >= 11 is 0. The maximum absolute atomic E-state index is 12.5. The Hall–Kier alpha value is -2.37.